The average Bonchev–Trinajstić information content (AvgIpc) is 3.03. The molecule has 1 amide bonds. The highest BCUT2D eigenvalue weighted by molar-refractivity contribution is 7.91. The standard InChI is InChI=1S/C19H26N6O3S2.2ClH/c1-13(26)22-19-24-16(7-4-14-2-5-15(6-3-14)23-18(20)21)17(29-19)12-25-8-10-30(27,28)11-9-25;;/h2-3,5-6H,4,7-12H2,1H3,(H4,20,21,23)(H,22,24,26);2*1H. The number of aryl methyl sites for hydroxylation is 2. The lowest BCUT2D eigenvalue weighted by Crippen LogP contribution is -2.39. The smallest absolute Gasteiger partial charge is 0.223 e. The maximum absolute atomic E-state index is 11.7. The highest BCUT2D eigenvalue weighted by Gasteiger charge is 2.23. The van der Waals surface area contributed by atoms with Gasteiger partial charge in [0, 0.05) is 37.1 Å². The van der Waals surface area contributed by atoms with Gasteiger partial charge in [-0.1, -0.05) is 12.1 Å². The molecule has 0 atom stereocenters. The SMILES string of the molecule is CC(=O)Nc1nc(CCc2ccc(NC(=N)N)cc2)c(CN2CCS(=O)(=O)CC2)s1.Cl.Cl. The number of nitrogens with two attached hydrogens (primary N) is 1. The number of halogens is 2. The van der Waals surface area contributed by atoms with Gasteiger partial charge < -0.3 is 16.4 Å². The van der Waals surface area contributed by atoms with Crippen LogP contribution < -0.4 is 16.4 Å². The molecule has 0 saturated carbocycles. The van der Waals surface area contributed by atoms with E-state index in [0.29, 0.717) is 31.2 Å². The largest absolute Gasteiger partial charge is 0.370 e. The highest BCUT2D eigenvalue weighted by Crippen LogP contribution is 2.26. The summed E-state index contributed by atoms with van der Waals surface area (Å²) in [5.41, 5.74) is 8.14. The quantitative estimate of drug-likeness (QED) is 0.322. The summed E-state index contributed by atoms with van der Waals surface area (Å²) < 4.78 is 23.4. The van der Waals surface area contributed by atoms with Gasteiger partial charge in [-0.25, -0.2) is 13.4 Å². The van der Waals surface area contributed by atoms with Gasteiger partial charge in [-0.2, -0.15) is 0 Å². The number of benzene rings is 1. The van der Waals surface area contributed by atoms with Gasteiger partial charge in [-0.3, -0.25) is 15.1 Å². The van der Waals surface area contributed by atoms with Gasteiger partial charge in [0.05, 0.1) is 17.2 Å². The predicted octanol–water partition coefficient (Wildman–Crippen LogP) is 2.27. The zero-order valence-corrected chi connectivity index (χ0v) is 20.9. The van der Waals surface area contributed by atoms with Crippen molar-refractivity contribution in [2.24, 2.45) is 5.73 Å². The van der Waals surface area contributed by atoms with Crippen molar-refractivity contribution in [2.75, 3.05) is 35.2 Å². The summed E-state index contributed by atoms with van der Waals surface area (Å²) in [5.74, 6) is 0.0890. The number of nitrogens with zero attached hydrogens (tertiary/aromatic N) is 2. The number of rotatable bonds is 7. The lowest BCUT2D eigenvalue weighted by molar-refractivity contribution is -0.114. The zero-order valence-electron chi connectivity index (χ0n) is 17.6. The first-order valence-corrected chi connectivity index (χ1v) is 12.2. The Labute approximate surface area is 204 Å². The van der Waals surface area contributed by atoms with Gasteiger partial charge in [0.2, 0.25) is 5.91 Å². The minimum Gasteiger partial charge on any atom is -0.370 e. The second kappa shape index (κ2) is 12.4. The van der Waals surface area contributed by atoms with Crippen molar-refractivity contribution in [3.63, 3.8) is 0 Å². The van der Waals surface area contributed by atoms with E-state index in [1.54, 1.807) is 0 Å². The first-order chi connectivity index (χ1) is 14.2. The Balaban J connectivity index is 0.00000256. The fraction of sp³-hybridized carbons (Fsp3) is 0.421. The van der Waals surface area contributed by atoms with Crippen LogP contribution in [0.3, 0.4) is 0 Å². The molecule has 1 aliphatic rings. The number of carbonyl (C=O) groups excluding carboxylic acids is 1. The van der Waals surface area contributed by atoms with E-state index in [-0.39, 0.29) is 48.2 Å². The molecule has 0 radical (unpaired) electrons. The van der Waals surface area contributed by atoms with Crippen LogP contribution in [0.25, 0.3) is 0 Å². The summed E-state index contributed by atoms with van der Waals surface area (Å²) in [6, 6.07) is 7.69. The summed E-state index contributed by atoms with van der Waals surface area (Å²) in [6.07, 6.45) is 1.47. The van der Waals surface area contributed by atoms with E-state index in [0.717, 1.165) is 28.2 Å². The fourth-order valence-corrected chi connectivity index (χ4v) is 5.56. The topological polar surface area (TPSA) is 141 Å². The van der Waals surface area contributed by atoms with Gasteiger partial charge in [-0.05, 0) is 30.5 Å². The van der Waals surface area contributed by atoms with Crippen LogP contribution >= 0.6 is 36.2 Å². The maximum atomic E-state index is 11.7. The second-order valence-corrected chi connectivity index (χ2v) is 10.6. The molecule has 0 spiro atoms. The molecule has 0 aliphatic carbocycles. The van der Waals surface area contributed by atoms with E-state index < -0.39 is 9.84 Å². The Kier molecular flexibility index (Phi) is 10.9. The number of thiazole rings is 1. The number of guanidine groups is 1. The molecule has 0 bridgehead atoms. The van der Waals surface area contributed by atoms with Crippen LogP contribution in [0, 0.1) is 5.41 Å². The monoisotopic (exact) mass is 522 g/mol. The van der Waals surface area contributed by atoms with Crippen molar-refractivity contribution in [1.82, 2.24) is 9.88 Å². The summed E-state index contributed by atoms with van der Waals surface area (Å²) >= 11 is 1.44. The third-order valence-corrected chi connectivity index (χ3v) is 7.36. The van der Waals surface area contributed by atoms with Crippen LogP contribution in [0.4, 0.5) is 10.8 Å². The lowest BCUT2D eigenvalue weighted by Gasteiger charge is -2.26. The van der Waals surface area contributed by atoms with Crippen molar-refractivity contribution in [3.8, 4) is 0 Å². The third kappa shape index (κ3) is 8.55. The highest BCUT2D eigenvalue weighted by atomic mass is 35.5. The van der Waals surface area contributed by atoms with E-state index in [9.17, 15) is 13.2 Å². The van der Waals surface area contributed by atoms with E-state index in [1.807, 2.05) is 24.3 Å². The van der Waals surface area contributed by atoms with Crippen LogP contribution in [0.1, 0.15) is 23.1 Å². The van der Waals surface area contributed by atoms with Gasteiger partial charge in [-0.15, -0.1) is 36.2 Å². The molecule has 1 aromatic carbocycles. The molecule has 2 heterocycles. The van der Waals surface area contributed by atoms with E-state index >= 15 is 0 Å². The van der Waals surface area contributed by atoms with Gasteiger partial charge in [0.25, 0.3) is 0 Å². The van der Waals surface area contributed by atoms with Gasteiger partial charge in [0.1, 0.15) is 0 Å². The number of anilines is 2. The molecule has 13 heteroatoms. The van der Waals surface area contributed by atoms with Crippen LogP contribution in [-0.4, -0.2) is 54.8 Å². The molecular weight excluding hydrogens is 495 g/mol. The summed E-state index contributed by atoms with van der Waals surface area (Å²) in [5, 5.41) is 13.3. The molecule has 1 saturated heterocycles. The van der Waals surface area contributed by atoms with Crippen molar-refractivity contribution >= 4 is 68.7 Å². The van der Waals surface area contributed by atoms with Gasteiger partial charge >= 0.3 is 0 Å². The molecule has 1 aromatic heterocycles. The second-order valence-electron chi connectivity index (χ2n) is 7.23. The molecule has 32 heavy (non-hydrogen) atoms. The first kappa shape index (κ1) is 28.1. The number of hydrogen-bond donors (Lipinski definition) is 4. The van der Waals surface area contributed by atoms with Crippen LogP contribution in [0.5, 0.6) is 0 Å². The molecular formula is C19H28Cl2N6O3S2. The molecule has 0 unspecified atom stereocenters. The number of nitrogens with one attached hydrogen (secondary N) is 3. The number of hydrogen-bond acceptors (Lipinski definition) is 7. The molecule has 9 nitrogen and oxygen atoms in total. The minimum atomic E-state index is -2.92. The molecule has 5 N–H and O–H groups in total. The molecule has 2 aromatic rings. The van der Waals surface area contributed by atoms with Crippen molar-refractivity contribution in [3.05, 3.63) is 40.4 Å². The number of carbonyl (C=O) groups is 1. The van der Waals surface area contributed by atoms with E-state index in [2.05, 4.69) is 20.5 Å². The van der Waals surface area contributed by atoms with Crippen LogP contribution in [0.15, 0.2) is 24.3 Å². The average molecular weight is 524 g/mol. The van der Waals surface area contributed by atoms with E-state index in [4.69, 9.17) is 11.1 Å². The van der Waals surface area contributed by atoms with Crippen molar-refractivity contribution in [1.29, 1.82) is 5.41 Å². The predicted molar refractivity (Wildman–Crippen MR) is 134 cm³/mol. The minimum absolute atomic E-state index is 0. The maximum Gasteiger partial charge on any atom is 0.223 e. The lowest BCUT2D eigenvalue weighted by atomic mass is 10.1. The fourth-order valence-electron chi connectivity index (χ4n) is 3.19. The number of aromatic nitrogens is 1. The first-order valence-electron chi connectivity index (χ1n) is 9.59. The number of sulfone groups is 1. The molecule has 178 valence electrons. The Morgan fingerprint density at radius 3 is 2.34 bits per heavy atom. The summed E-state index contributed by atoms with van der Waals surface area (Å²) in [6.45, 7) is 3.11. The summed E-state index contributed by atoms with van der Waals surface area (Å²) in [7, 11) is -2.92. The molecule has 1 fully saturated rings. The van der Waals surface area contributed by atoms with Crippen molar-refractivity contribution < 1.29 is 13.2 Å². The van der Waals surface area contributed by atoms with Gasteiger partial charge in [0.15, 0.2) is 20.9 Å². The van der Waals surface area contributed by atoms with Crippen molar-refractivity contribution in [2.45, 2.75) is 26.3 Å². The van der Waals surface area contributed by atoms with Crippen LogP contribution in [0.2, 0.25) is 0 Å². The normalized spacial score (nSPS) is 15.2. The summed E-state index contributed by atoms with van der Waals surface area (Å²) in [4.78, 5) is 19.2. The Bertz CT molecular complexity index is 1010. The van der Waals surface area contributed by atoms with E-state index in [1.165, 1.54) is 18.3 Å². The zero-order chi connectivity index (χ0) is 21.7. The Hall–Kier alpha value is -1.92. The third-order valence-electron chi connectivity index (χ3n) is 4.75. The number of amides is 1. The van der Waals surface area contributed by atoms with Crippen LogP contribution in [-0.2, 0) is 34.0 Å². The molecule has 1 aliphatic heterocycles. The Morgan fingerprint density at radius 1 is 1.16 bits per heavy atom. The Morgan fingerprint density at radius 2 is 1.78 bits per heavy atom. The molecule has 3 rings (SSSR count).